The standard InChI is InChI=1S/C12H17NO3/c1-11-4-2-3-5-12(11)13-6-7-15-8-9-16-10-14/h2-5,10,13H,6-9H2,1H3. The summed E-state index contributed by atoms with van der Waals surface area (Å²) in [4.78, 5) is 9.83. The van der Waals surface area contributed by atoms with Crippen molar-refractivity contribution in [1.29, 1.82) is 0 Å². The van der Waals surface area contributed by atoms with Gasteiger partial charge in [-0.1, -0.05) is 18.2 Å². The van der Waals surface area contributed by atoms with E-state index < -0.39 is 0 Å². The summed E-state index contributed by atoms with van der Waals surface area (Å²) in [6.07, 6.45) is 0. The van der Waals surface area contributed by atoms with Crippen LogP contribution in [0.2, 0.25) is 0 Å². The topological polar surface area (TPSA) is 47.6 Å². The molecule has 1 aromatic carbocycles. The minimum absolute atomic E-state index is 0.313. The predicted molar refractivity (Wildman–Crippen MR) is 62.5 cm³/mol. The summed E-state index contributed by atoms with van der Waals surface area (Å²) in [5, 5.41) is 3.27. The first-order chi connectivity index (χ1) is 7.84. The van der Waals surface area contributed by atoms with Crippen molar-refractivity contribution in [3.63, 3.8) is 0 Å². The minimum Gasteiger partial charge on any atom is -0.465 e. The molecule has 0 amide bonds. The molecule has 0 atom stereocenters. The van der Waals surface area contributed by atoms with E-state index in [1.165, 1.54) is 5.56 Å². The van der Waals surface area contributed by atoms with E-state index in [0.717, 1.165) is 12.2 Å². The molecule has 0 radical (unpaired) electrons. The molecule has 0 aromatic heterocycles. The molecule has 1 N–H and O–H groups in total. The van der Waals surface area contributed by atoms with Crippen molar-refractivity contribution in [3.8, 4) is 0 Å². The summed E-state index contributed by atoms with van der Waals surface area (Å²) in [6, 6.07) is 8.09. The van der Waals surface area contributed by atoms with Crippen LogP contribution in [0.3, 0.4) is 0 Å². The average molecular weight is 223 g/mol. The molecule has 0 aliphatic heterocycles. The Kier molecular flexibility index (Phi) is 6.03. The van der Waals surface area contributed by atoms with Crippen molar-refractivity contribution in [2.45, 2.75) is 6.92 Å². The van der Waals surface area contributed by atoms with Gasteiger partial charge in [-0.15, -0.1) is 0 Å². The van der Waals surface area contributed by atoms with Gasteiger partial charge >= 0.3 is 0 Å². The Morgan fingerprint density at radius 3 is 2.81 bits per heavy atom. The van der Waals surface area contributed by atoms with Crippen LogP contribution in [0.1, 0.15) is 5.56 Å². The maximum Gasteiger partial charge on any atom is 0.293 e. The molecule has 0 aliphatic rings. The number of benzene rings is 1. The van der Waals surface area contributed by atoms with Crippen LogP contribution in [0.4, 0.5) is 5.69 Å². The third-order valence-electron chi connectivity index (χ3n) is 2.12. The Balaban J connectivity index is 2.07. The van der Waals surface area contributed by atoms with Gasteiger partial charge in [0.2, 0.25) is 0 Å². The SMILES string of the molecule is Cc1ccccc1NCCOCCOC=O. The maximum atomic E-state index is 9.83. The van der Waals surface area contributed by atoms with Gasteiger partial charge in [0, 0.05) is 12.2 Å². The normalized spacial score (nSPS) is 9.81. The van der Waals surface area contributed by atoms with E-state index in [-0.39, 0.29) is 0 Å². The lowest BCUT2D eigenvalue weighted by atomic mass is 10.2. The van der Waals surface area contributed by atoms with Gasteiger partial charge in [0.05, 0.1) is 13.2 Å². The Hall–Kier alpha value is -1.55. The Morgan fingerprint density at radius 1 is 1.25 bits per heavy atom. The third-order valence-corrected chi connectivity index (χ3v) is 2.12. The second kappa shape index (κ2) is 7.70. The van der Waals surface area contributed by atoms with Crippen LogP contribution in [0.15, 0.2) is 24.3 Å². The fourth-order valence-electron chi connectivity index (χ4n) is 1.29. The number of nitrogens with one attached hydrogen (secondary N) is 1. The number of rotatable bonds is 8. The summed E-state index contributed by atoms with van der Waals surface area (Å²) in [6.45, 7) is 4.57. The molecule has 0 saturated carbocycles. The first-order valence-corrected chi connectivity index (χ1v) is 5.27. The van der Waals surface area contributed by atoms with Crippen LogP contribution in [0.5, 0.6) is 0 Å². The number of aryl methyl sites for hydroxylation is 1. The van der Waals surface area contributed by atoms with Gasteiger partial charge < -0.3 is 14.8 Å². The molecular weight excluding hydrogens is 206 g/mol. The molecule has 0 spiro atoms. The summed E-state index contributed by atoms with van der Waals surface area (Å²) in [5.74, 6) is 0. The van der Waals surface area contributed by atoms with Crippen molar-refractivity contribution < 1.29 is 14.3 Å². The zero-order valence-electron chi connectivity index (χ0n) is 9.44. The van der Waals surface area contributed by atoms with E-state index in [9.17, 15) is 4.79 Å². The average Bonchev–Trinajstić information content (AvgIpc) is 2.30. The van der Waals surface area contributed by atoms with Crippen LogP contribution in [-0.2, 0) is 14.3 Å². The first kappa shape index (κ1) is 12.5. The van der Waals surface area contributed by atoms with Gasteiger partial charge in [-0.05, 0) is 18.6 Å². The second-order valence-corrected chi connectivity index (χ2v) is 3.32. The molecule has 4 heteroatoms. The van der Waals surface area contributed by atoms with Gasteiger partial charge in [-0.25, -0.2) is 0 Å². The van der Waals surface area contributed by atoms with Gasteiger partial charge in [-0.2, -0.15) is 0 Å². The van der Waals surface area contributed by atoms with Gasteiger partial charge in [0.15, 0.2) is 0 Å². The van der Waals surface area contributed by atoms with E-state index in [1.807, 2.05) is 18.2 Å². The summed E-state index contributed by atoms with van der Waals surface area (Å²) >= 11 is 0. The lowest BCUT2D eigenvalue weighted by molar-refractivity contribution is -0.130. The van der Waals surface area contributed by atoms with Crippen molar-refractivity contribution in [3.05, 3.63) is 29.8 Å². The number of anilines is 1. The highest BCUT2D eigenvalue weighted by Gasteiger charge is 1.94. The molecular formula is C12H17NO3. The number of carbonyl (C=O) groups excluding carboxylic acids is 1. The molecule has 16 heavy (non-hydrogen) atoms. The number of para-hydroxylation sites is 1. The number of ether oxygens (including phenoxy) is 2. The molecule has 0 aliphatic carbocycles. The molecule has 0 fully saturated rings. The molecule has 4 nitrogen and oxygen atoms in total. The monoisotopic (exact) mass is 223 g/mol. The molecule has 0 heterocycles. The fourth-order valence-corrected chi connectivity index (χ4v) is 1.29. The fraction of sp³-hybridized carbons (Fsp3) is 0.417. The molecule has 1 rings (SSSR count). The zero-order chi connectivity index (χ0) is 11.6. The highest BCUT2D eigenvalue weighted by Crippen LogP contribution is 2.12. The van der Waals surface area contributed by atoms with Crippen LogP contribution in [0.25, 0.3) is 0 Å². The second-order valence-electron chi connectivity index (χ2n) is 3.32. The lowest BCUT2D eigenvalue weighted by Crippen LogP contribution is -2.12. The van der Waals surface area contributed by atoms with Gasteiger partial charge in [0.1, 0.15) is 6.61 Å². The van der Waals surface area contributed by atoms with Crippen LogP contribution < -0.4 is 5.32 Å². The summed E-state index contributed by atoms with van der Waals surface area (Å²) in [7, 11) is 0. The number of hydrogen-bond acceptors (Lipinski definition) is 4. The Morgan fingerprint density at radius 2 is 2.06 bits per heavy atom. The van der Waals surface area contributed by atoms with E-state index >= 15 is 0 Å². The Bertz CT molecular complexity index is 315. The molecule has 1 aromatic rings. The summed E-state index contributed by atoms with van der Waals surface area (Å²) in [5.41, 5.74) is 2.34. The molecule has 0 saturated heterocycles. The van der Waals surface area contributed by atoms with Crippen LogP contribution in [-0.4, -0.2) is 32.8 Å². The first-order valence-electron chi connectivity index (χ1n) is 5.27. The quantitative estimate of drug-likeness (QED) is 0.537. The van der Waals surface area contributed by atoms with E-state index in [4.69, 9.17) is 4.74 Å². The minimum atomic E-state index is 0.313. The van der Waals surface area contributed by atoms with E-state index in [1.54, 1.807) is 0 Å². The van der Waals surface area contributed by atoms with Gasteiger partial charge in [-0.3, -0.25) is 4.79 Å². The summed E-state index contributed by atoms with van der Waals surface area (Å²) < 4.78 is 9.74. The Labute approximate surface area is 95.6 Å². The van der Waals surface area contributed by atoms with E-state index in [0.29, 0.717) is 26.3 Å². The predicted octanol–water partition coefficient (Wildman–Crippen LogP) is 1.60. The number of carbonyl (C=O) groups is 1. The van der Waals surface area contributed by atoms with Crippen molar-refractivity contribution in [2.75, 3.05) is 31.7 Å². The van der Waals surface area contributed by atoms with Crippen LogP contribution >= 0.6 is 0 Å². The molecule has 0 bridgehead atoms. The third kappa shape index (κ3) is 4.79. The smallest absolute Gasteiger partial charge is 0.293 e. The molecule has 88 valence electrons. The lowest BCUT2D eigenvalue weighted by Gasteiger charge is -2.09. The van der Waals surface area contributed by atoms with Crippen molar-refractivity contribution in [2.24, 2.45) is 0 Å². The van der Waals surface area contributed by atoms with Crippen LogP contribution in [0, 0.1) is 6.92 Å². The zero-order valence-corrected chi connectivity index (χ0v) is 9.44. The maximum absolute atomic E-state index is 9.83. The van der Waals surface area contributed by atoms with E-state index in [2.05, 4.69) is 23.0 Å². The number of hydrogen-bond donors (Lipinski definition) is 1. The highest BCUT2D eigenvalue weighted by molar-refractivity contribution is 5.50. The largest absolute Gasteiger partial charge is 0.465 e. The highest BCUT2D eigenvalue weighted by atomic mass is 16.5. The molecule has 0 unspecified atom stereocenters. The van der Waals surface area contributed by atoms with Crippen molar-refractivity contribution >= 4 is 12.2 Å². The van der Waals surface area contributed by atoms with Gasteiger partial charge in [0.25, 0.3) is 6.47 Å². The van der Waals surface area contributed by atoms with Crippen molar-refractivity contribution in [1.82, 2.24) is 0 Å².